The second-order valence-corrected chi connectivity index (χ2v) is 12.0. The van der Waals surface area contributed by atoms with Crippen LogP contribution in [0.4, 0.5) is 5.69 Å². The Morgan fingerprint density at radius 1 is 0.971 bits per heavy atom. The zero-order chi connectivity index (χ0) is 24.6. The molecule has 0 aromatic heterocycles. The smallest absolute Gasteiger partial charge is 0.264 e. The minimum absolute atomic E-state index is 0.0752. The number of para-hydroxylation sites is 1. The second kappa shape index (κ2) is 9.67. The average molecular weight is 509 g/mol. The molecule has 1 amide bonds. The molecule has 0 radical (unpaired) electrons. The average Bonchev–Trinajstić information content (AvgIpc) is 3.47. The van der Waals surface area contributed by atoms with Crippen molar-refractivity contribution in [2.45, 2.75) is 50.1 Å². The van der Waals surface area contributed by atoms with Crippen molar-refractivity contribution in [1.29, 1.82) is 0 Å². The number of rotatable bonds is 7. The number of aryl methyl sites for hydroxylation is 1. The molecule has 182 valence electrons. The molecule has 1 N–H and O–H groups in total. The molecule has 0 heterocycles. The minimum Gasteiger partial charge on any atom is -0.349 e. The zero-order valence-electron chi connectivity index (χ0n) is 19.7. The summed E-state index contributed by atoms with van der Waals surface area (Å²) in [7, 11) is -3.95. The number of nitrogens with one attached hydrogen (secondary N) is 1. The van der Waals surface area contributed by atoms with Crippen LogP contribution in [0.3, 0.4) is 0 Å². The van der Waals surface area contributed by atoms with Crippen LogP contribution in [0.25, 0.3) is 0 Å². The van der Waals surface area contributed by atoms with Gasteiger partial charge < -0.3 is 5.32 Å². The van der Waals surface area contributed by atoms with Crippen LogP contribution in [-0.4, -0.2) is 20.4 Å². The maximum atomic E-state index is 13.9. The predicted octanol–water partition coefficient (Wildman–Crippen LogP) is 5.96. The molecule has 0 unspecified atom stereocenters. The highest BCUT2D eigenvalue weighted by molar-refractivity contribution is 7.92. The first-order valence-corrected chi connectivity index (χ1v) is 13.9. The van der Waals surface area contributed by atoms with Crippen molar-refractivity contribution in [2.75, 3.05) is 4.31 Å². The molecule has 0 aliphatic heterocycles. The van der Waals surface area contributed by atoms with Crippen molar-refractivity contribution < 1.29 is 13.2 Å². The Morgan fingerprint density at radius 2 is 1.69 bits per heavy atom. The molecule has 2 aliphatic rings. The van der Waals surface area contributed by atoms with Gasteiger partial charge in [-0.05, 0) is 80.0 Å². The van der Waals surface area contributed by atoms with E-state index >= 15 is 0 Å². The van der Waals surface area contributed by atoms with Crippen molar-refractivity contribution >= 4 is 33.2 Å². The van der Waals surface area contributed by atoms with Gasteiger partial charge in [-0.25, -0.2) is 8.42 Å². The van der Waals surface area contributed by atoms with E-state index in [1.807, 2.05) is 6.92 Å². The Morgan fingerprint density at radius 3 is 2.34 bits per heavy atom. The molecular formula is C28H29ClN2O3S. The molecule has 0 saturated heterocycles. The van der Waals surface area contributed by atoms with Crippen molar-refractivity contribution in [3.05, 3.63) is 94.5 Å². The van der Waals surface area contributed by atoms with E-state index in [9.17, 15) is 13.2 Å². The van der Waals surface area contributed by atoms with Crippen LogP contribution in [0.2, 0.25) is 5.02 Å². The molecule has 5 rings (SSSR count). The number of fused-ring (bicyclic) bond motifs is 2. The molecule has 2 bridgehead atoms. The van der Waals surface area contributed by atoms with Gasteiger partial charge in [0.2, 0.25) is 0 Å². The molecule has 5 nitrogen and oxygen atoms in total. The fourth-order valence-electron chi connectivity index (χ4n) is 5.44. The van der Waals surface area contributed by atoms with E-state index in [-0.39, 0.29) is 23.4 Å². The number of hydrogen-bond donors (Lipinski definition) is 1. The molecule has 2 aliphatic carbocycles. The Kier molecular flexibility index (Phi) is 6.60. The maximum absolute atomic E-state index is 13.9. The topological polar surface area (TPSA) is 66.5 Å². The summed E-state index contributed by atoms with van der Waals surface area (Å²) in [5, 5.41) is 3.79. The lowest BCUT2D eigenvalue weighted by atomic mass is 9.95. The van der Waals surface area contributed by atoms with Gasteiger partial charge in [0.05, 0.1) is 22.7 Å². The van der Waals surface area contributed by atoms with Gasteiger partial charge in [-0.2, -0.15) is 0 Å². The summed E-state index contributed by atoms with van der Waals surface area (Å²) in [6.45, 7) is 1.99. The van der Waals surface area contributed by atoms with Crippen LogP contribution >= 0.6 is 11.6 Å². The number of nitrogens with zero attached hydrogens (tertiary/aromatic N) is 1. The third-order valence-corrected chi connectivity index (χ3v) is 9.35. The lowest BCUT2D eigenvalue weighted by Gasteiger charge is -2.28. The van der Waals surface area contributed by atoms with Crippen LogP contribution < -0.4 is 9.62 Å². The fourth-order valence-corrected chi connectivity index (χ4v) is 7.04. The second-order valence-electron chi connectivity index (χ2n) is 9.72. The molecule has 3 aromatic rings. The largest absolute Gasteiger partial charge is 0.349 e. The predicted molar refractivity (Wildman–Crippen MR) is 139 cm³/mol. The number of anilines is 1. The van der Waals surface area contributed by atoms with Gasteiger partial charge in [-0.1, -0.05) is 60.0 Å². The molecule has 35 heavy (non-hydrogen) atoms. The number of carbonyl (C=O) groups is 1. The molecular weight excluding hydrogens is 480 g/mol. The zero-order valence-corrected chi connectivity index (χ0v) is 21.2. The van der Waals surface area contributed by atoms with Crippen molar-refractivity contribution in [1.82, 2.24) is 5.32 Å². The summed E-state index contributed by atoms with van der Waals surface area (Å²) in [5.74, 6) is 1.000. The standard InChI is InChI=1S/C28H29ClN2O3S/c1-19-6-14-24(15-7-19)35(33,34)31(18-20-9-12-23(29)13-10-20)27-5-3-2-4-25(27)28(32)30-26-17-21-8-11-22(26)16-21/h2-7,9-10,12-15,21-22,26H,8,11,16-18H2,1H3,(H,30,32)/t21-,22-,26-/m0/s1. The van der Waals surface area contributed by atoms with E-state index in [1.54, 1.807) is 72.8 Å². The third kappa shape index (κ3) is 4.95. The van der Waals surface area contributed by atoms with Gasteiger partial charge in [-0.3, -0.25) is 9.10 Å². The molecule has 0 spiro atoms. The summed E-state index contributed by atoms with van der Waals surface area (Å²) < 4.78 is 29.1. The van der Waals surface area contributed by atoms with Crippen molar-refractivity contribution in [2.24, 2.45) is 11.8 Å². The molecule has 2 saturated carbocycles. The van der Waals surface area contributed by atoms with Gasteiger partial charge in [0.25, 0.3) is 15.9 Å². The van der Waals surface area contributed by atoms with Gasteiger partial charge in [0.15, 0.2) is 0 Å². The number of hydrogen-bond acceptors (Lipinski definition) is 3. The molecule has 7 heteroatoms. The summed E-state index contributed by atoms with van der Waals surface area (Å²) >= 11 is 6.06. The minimum atomic E-state index is -3.95. The lowest BCUT2D eigenvalue weighted by Crippen LogP contribution is -2.40. The number of carbonyl (C=O) groups excluding carboxylic acids is 1. The van der Waals surface area contributed by atoms with Gasteiger partial charge >= 0.3 is 0 Å². The van der Waals surface area contributed by atoms with E-state index < -0.39 is 10.0 Å². The van der Waals surface area contributed by atoms with E-state index in [4.69, 9.17) is 11.6 Å². The summed E-state index contributed by atoms with van der Waals surface area (Å²) in [6.07, 6.45) is 4.59. The number of benzene rings is 3. The first-order valence-electron chi connectivity index (χ1n) is 12.0. The molecule has 2 fully saturated rings. The van der Waals surface area contributed by atoms with Crippen molar-refractivity contribution in [3.63, 3.8) is 0 Å². The van der Waals surface area contributed by atoms with Gasteiger partial charge in [-0.15, -0.1) is 0 Å². The first-order chi connectivity index (χ1) is 16.8. The van der Waals surface area contributed by atoms with E-state index in [1.165, 1.54) is 17.1 Å². The normalized spacial score (nSPS) is 21.1. The van der Waals surface area contributed by atoms with E-state index in [0.717, 1.165) is 24.0 Å². The van der Waals surface area contributed by atoms with Crippen LogP contribution in [0, 0.1) is 18.8 Å². The van der Waals surface area contributed by atoms with Crippen molar-refractivity contribution in [3.8, 4) is 0 Å². The highest BCUT2D eigenvalue weighted by Crippen LogP contribution is 2.44. The highest BCUT2D eigenvalue weighted by atomic mass is 35.5. The van der Waals surface area contributed by atoms with Gasteiger partial charge in [0, 0.05) is 11.1 Å². The summed E-state index contributed by atoms with van der Waals surface area (Å²) in [5.41, 5.74) is 2.47. The third-order valence-electron chi connectivity index (χ3n) is 7.32. The van der Waals surface area contributed by atoms with E-state index in [0.29, 0.717) is 28.1 Å². The van der Waals surface area contributed by atoms with Crippen LogP contribution in [-0.2, 0) is 16.6 Å². The lowest BCUT2D eigenvalue weighted by molar-refractivity contribution is 0.0923. The van der Waals surface area contributed by atoms with E-state index in [2.05, 4.69) is 5.32 Å². The van der Waals surface area contributed by atoms with Crippen LogP contribution in [0.15, 0.2) is 77.7 Å². The maximum Gasteiger partial charge on any atom is 0.264 e. The number of halogens is 1. The fraction of sp³-hybridized carbons (Fsp3) is 0.321. The Hall–Kier alpha value is -2.83. The highest BCUT2D eigenvalue weighted by Gasteiger charge is 2.40. The number of amides is 1. The molecule has 3 atom stereocenters. The molecule has 3 aromatic carbocycles. The summed E-state index contributed by atoms with van der Waals surface area (Å²) in [6, 6.07) is 21.0. The van der Waals surface area contributed by atoms with Crippen LogP contribution in [0.1, 0.15) is 47.2 Å². The SMILES string of the molecule is Cc1ccc(S(=O)(=O)N(Cc2ccc(Cl)cc2)c2ccccc2C(=O)N[C@H]2C[C@H]3CC[C@H]2C3)cc1. The summed E-state index contributed by atoms with van der Waals surface area (Å²) in [4.78, 5) is 13.6. The number of sulfonamides is 1. The Labute approximate surface area is 212 Å². The van der Waals surface area contributed by atoms with Crippen LogP contribution in [0.5, 0.6) is 0 Å². The first kappa shape index (κ1) is 23.9. The van der Waals surface area contributed by atoms with Gasteiger partial charge in [0.1, 0.15) is 0 Å². The Bertz CT molecular complexity index is 1320. The monoisotopic (exact) mass is 508 g/mol. The Balaban J connectivity index is 1.53. The quantitative estimate of drug-likeness (QED) is 0.428.